The van der Waals surface area contributed by atoms with Crippen LogP contribution in [-0.4, -0.2) is 48.2 Å². The lowest BCUT2D eigenvalue weighted by molar-refractivity contribution is -0.0192. The summed E-state index contributed by atoms with van der Waals surface area (Å²) in [5.41, 5.74) is -0.385. The second-order valence-corrected chi connectivity index (χ2v) is 6.34. The number of nitrogens with zero attached hydrogens (tertiary/aromatic N) is 2. The molecule has 1 heterocycles. The van der Waals surface area contributed by atoms with Gasteiger partial charge in [-0.3, -0.25) is 4.99 Å². The van der Waals surface area contributed by atoms with Crippen LogP contribution >= 0.6 is 0 Å². The van der Waals surface area contributed by atoms with Gasteiger partial charge >= 0.3 is 0 Å². The molecule has 0 radical (unpaired) electrons. The lowest BCUT2D eigenvalue weighted by atomic mass is 9.82. The molecule has 0 saturated heterocycles. The lowest BCUT2D eigenvalue weighted by Gasteiger charge is -2.33. The number of hydrogen-bond donors (Lipinski definition) is 2. The van der Waals surface area contributed by atoms with E-state index >= 15 is 0 Å². The average Bonchev–Trinajstić information content (AvgIpc) is 2.91. The van der Waals surface area contributed by atoms with Gasteiger partial charge in [-0.05, 0) is 50.4 Å². The third-order valence-electron chi connectivity index (χ3n) is 5.06. The highest BCUT2D eigenvalue weighted by molar-refractivity contribution is 5.80. The maximum absolute atomic E-state index is 10.7. The highest BCUT2D eigenvalue weighted by Crippen LogP contribution is 2.51. The molecule has 2 saturated carbocycles. The summed E-state index contributed by atoms with van der Waals surface area (Å²) >= 11 is 0. The first-order valence-corrected chi connectivity index (χ1v) is 7.39. The molecule has 3 unspecified atom stereocenters. The van der Waals surface area contributed by atoms with Crippen LogP contribution in [0.1, 0.15) is 38.5 Å². The van der Waals surface area contributed by atoms with Crippen LogP contribution in [0, 0.1) is 11.8 Å². The summed E-state index contributed by atoms with van der Waals surface area (Å²) in [7, 11) is 2.08. The Hall–Kier alpha value is -0.770. The fourth-order valence-corrected chi connectivity index (χ4v) is 4.02. The van der Waals surface area contributed by atoms with Gasteiger partial charge in [-0.1, -0.05) is 0 Å². The molecule has 2 bridgehead atoms. The van der Waals surface area contributed by atoms with Crippen molar-refractivity contribution in [1.82, 2.24) is 10.2 Å². The Morgan fingerprint density at radius 3 is 3.06 bits per heavy atom. The van der Waals surface area contributed by atoms with Crippen molar-refractivity contribution in [3.63, 3.8) is 0 Å². The predicted molar refractivity (Wildman–Crippen MR) is 72.6 cm³/mol. The molecule has 2 aliphatic carbocycles. The number of rotatable bonds is 3. The molecule has 4 nitrogen and oxygen atoms in total. The quantitative estimate of drug-likeness (QED) is 0.792. The van der Waals surface area contributed by atoms with Crippen LogP contribution < -0.4 is 5.32 Å². The summed E-state index contributed by atoms with van der Waals surface area (Å²) in [5.74, 6) is 2.37. The van der Waals surface area contributed by atoms with Gasteiger partial charge in [0.15, 0.2) is 5.96 Å². The molecular formula is C14H25N3O. The summed E-state index contributed by atoms with van der Waals surface area (Å²) in [5, 5.41) is 14.1. The summed E-state index contributed by atoms with van der Waals surface area (Å²) in [6.45, 7) is 2.87. The highest BCUT2D eigenvalue weighted by atomic mass is 16.3. The van der Waals surface area contributed by atoms with Crippen molar-refractivity contribution in [3.8, 4) is 0 Å². The Bertz CT molecular complexity index is 344. The summed E-state index contributed by atoms with van der Waals surface area (Å²) in [4.78, 5) is 6.67. The van der Waals surface area contributed by atoms with Crippen LogP contribution in [0.5, 0.6) is 0 Å². The van der Waals surface area contributed by atoms with Crippen LogP contribution in [0.3, 0.4) is 0 Å². The smallest absolute Gasteiger partial charge is 0.193 e. The van der Waals surface area contributed by atoms with E-state index in [9.17, 15) is 5.11 Å². The second-order valence-electron chi connectivity index (χ2n) is 6.34. The van der Waals surface area contributed by atoms with Gasteiger partial charge in [0.2, 0.25) is 0 Å². The molecule has 102 valence electrons. The molecule has 4 heteroatoms. The molecule has 3 atom stereocenters. The van der Waals surface area contributed by atoms with Gasteiger partial charge in [-0.25, -0.2) is 0 Å². The van der Waals surface area contributed by atoms with Gasteiger partial charge in [-0.2, -0.15) is 0 Å². The van der Waals surface area contributed by atoms with Crippen LogP contribution in [-0.2, 0) is 0 Å². The van der Waals surface area contributed by atoms with E-state index in [1.807, 2.05) is 0 Å². The van der Waals surface area contributed by atoms with Crippen LogP contribution in [0.2, 0.25) is 0 Å². The molecule has 0 aromatic heterocycles. The molecule has 1 aliphatic heterocycles. The van der Waals surface area contributed by atoms with E-state index in [1.54, 1.807) is 0 Å². The Morgan fingerprint density at radius 1 is 1.50 bits per heavy atom. The zero-order valence-electron chi connectivity index (χ0n) is 11.4. The number of aliphatic imine (C=N–C) groups is 1. The molecule has 2 fully saturated rings. The van der Waals surface area contributed by atoms with Crippen molar-refractivity contribution < 1.29 is 5.11 Å². The minimum absolute atomic E-state index is 0.385. The third kappa shape index (κ3) is 2.22. The van der Waals surface area contributed by atoms with Crippen LogP contribution in [0.15, 0.2) is 4.99 Å². The number of aliphatic hydroxyl groups is 1. The molecule has 3 aliphatic rings. The molecule has 0 aromatic carbocycles. The monoisotopic (exact) mass is 251 g/mol. The van der Waals surface area contributed by atoms with Gasteiger partial charge in [-0.15, -0.1) is 0 Å². The summed E-state index contributed by atoms with van der Waals surface area (Å²) < 4.78 is 0. The van der Waals surface area contributed by atoms with Crippen molar-refractivity contribution in [3.05, 3.63) is 0 Å². The third-order valence-corrected chi connectivity index (χ3v) is 5.06. The minimum Gasteiger partial charge on any atom is -0.390 e. The fourth-order valence-electron chi connectivity index (χ4n) is 4.02. The number of guanidine groups is 1. The van der Waals surface area contributed by atoms with Crippen molar-refractivity contribution in [2.75, 3.05) is 26.7 Å². The lowest BCUT2D eigenvalue weighted by Crippen LogP contribution is -2.45. The van der Waals surface area contributed by atoms with Crippen LogP contribution in [0.4, 0.5) is 0 Å². The zero-order valence-corrected chi connectivity index (χ0v) is 11.4. The molecule has 3 rings (SSSR count). The number of fused-ring (bicyclic) bond motifs is 2. The highest BCUT2D eigenvalue weighted by Gasteiger charge is 2.49. The van der Waals surface area contributed by atoms with E-state index < -0.39 is 0 Å². The molecule has 2 N–H and O–H groups in total. The van der Waals surface area contributed by atoms with E-state index in [0.717, 1.165) is 50.8 Å². The average molecular weight is 251 g/mol. The second kappa shape index (κ2) is 4.72. The van der Waals surface area contributed by atoms with Crippen LogP contribution in [0.25, 0.3) is 0 Å². The maximum Gasteiger partial charge on any atom is 0.193 e. The van der Waals surface area contributed by atoms with Gasteiger partial charge in [0.1, 0.15) is 0 Å². The molecular weight excluding hydrogens is 226 g/mol. The van der Waals surface area contributed by atoms with E-state index in [4.69, 9.17) is 0 Å². The normalized spacial score (nSPS) is 39.0. The Labute approximate surface area is 109 Å². The first kappa shape index (κ1) is 12.3. The van der Waals surface area contributed by atoms with Gasteiger partial charge < -0.3 is 15.3 Å². The van der Waals surface area contributed by atoms with E-state index in [0.29, 0.717) is 5.92 Å². The standard InChI is InChI=1S/C14H25N3O/c1-17-8-2-6-15-13(17)16-7-5-14(18)10-11-3-4-12(14)9-11/h11-12,18H,2-10H2,1H3,(H,15,16). The first-order chi connectivity index (χ1) is 8.67. The van der Waals surface area contributed by atoms with Crippen molar-refractivity contribution in [1.29, 1.82) is 0 Å². The Balaban J connectivity index is 1.49. The molecule has 0 aromatic rings. The van der Waals surface area contributed by atoms with E-state index in [2.05, 4.69) is 22.3 Å². The van der Waals surface area contributed by atoms with Gasteiger partial charge in [0.25, 0.3) is 0 Å². The largest absolute Gasteiger partial charge is 0.390 e. The summed E-state index contributed by atoms with van der Waals surface area (Å²) in [6.07, 6.45) is 6.90. The Morgan fingerprint density at radius 2 is 2.39 bits per heavy atom. The minimum atomic E-state index is -0.385. The number of nitrogens with one attached hydrogen (secondary N) is 1. The van der Waals surface area contributed by atoms with Crippen molar-refractivity contribution >= 4 is 5.96 Å². The fraction of sp³-hybridized carbons (Fsp3) is 0.929. The van der Waals surface area contributed by atoms with E-state index in [-0.39, 0.29) is 5.60 Å². The molecule has 0 spiro atoms. The Kier molecular flexibility index (Phi) is 3.22. The zero-order chi connectivity index (χ0) is 12.6. The first-order valence-electron chi connectivity index (χ1n) is 7.39. The SMILES string of the molecule is CN1CCCN=C1NCCC1(O)CC2CCC1C2. The van der Waals surface area contributed by atoms with Crippen molar-refractivity contribution in [2.24, 2.45) is 16.8 Å². The van der Waals surface area contributed by atoms with Gasteiger partial charge in [0.05, 0.1) is 5.60 Å². The molecule has 18 heavy (non-hydrogen) atoms. The number of hydrogen-bond acceptors (Lipinski definition) is 4. The maximum atomic E-state index is 10.7. The van der Waals surface area contributed by atoms with Crippen molar-refractivity contribution in [2.45, 2.75) is 44.1 Å². The van der Waals surface area contributed by atoms with Gasteiger partial charge in [0, 0.05) is 26.7 Å². The summed E-state index contributed by atoms with van der Waals surface area (Å²) in [6, 6.07) is 0. The topological polar surface area (TPSA) is 47.9 Å². The molecule has 0 amide bonds. The van der Waals surface area contributed by atoms with E-state index in [1.165, 1.54) is 19.3 Å². The predicted octanol–water partition coefficient (Wildman–Crippen LogP) is 1.21.